The van der Waals surface area contributed by atoms with Crippen LogP contribution >= 0.6 is 27.3 Å². The summed E-state index contributed by atoms with van der Waals surface area (Å²) in [7, 11) is 2.00. The van der Waals surface area contributed by atoms with Crippen LogP contribution in [0.5, 0.6) is 0 Å². The predicted molar refractivity (Wildman–Crippen MR) is 74.1 cm³/mol. The minimum absolute atomic E-state index is 0.288. The molecule has 0 saturated heterocycles. The summed E-state index contributed by atoms with van der Waals surface area (Å²) in [4.78, 5) is 1.35. The van der Waals surface area contributed by atoms with Crippen LogP contribution in [-0.4, -0.2) is 7.05 Å². The van der Waals surface area contributed by atoms with Crippen LogP contribution in [0.1, 0.15) is 22.0 Å². The molecule has 0 fully saturated rings. The van der Waals surface area contributed by atoms with Crippen molar-refractivity contribution in [2.45, 2.75) is 13.0 Å². The topological polar surface area (TPSA) is 12.0 Å². The number of benzene rings is 1. The van der Waals surface area contributed by atoms with E-state index in [9.17, 15) is 0 Å². The average molecular weight is 296 g/mol. The molecule has 3 heteroatoms. The van der Waals surface area contributed by atoms with Crippen molar-refractivity contribution < 1.29 is 0 Å². The molecule has 1 N–H and O–H groups in total. The van der Waals surface area contributed by atoms with Crippen LogP contribution in [0.3, 0.4) is 0 Å². The van der Waals surface area contributed by atoms with Crippen LogP contribution in [-0.2, 0) is 0 Å². The zero-order chi connectivity index (χ0) is 11.5. The zero-order valence-corrected chi connectivity index (χ0v) is 11.7. The molecule has 0 aliphatic rings. The summed E-state index contributed by atoms with van der Waals surface area (Å²) in [6, 6.07) is 11.1. The molecule has 0 aliphatic carbocycles. The lowest BCUT2D eigenvalue weighted by molar-refractivity contribution is 0.703. The van der Waals surface area contributed by atoms with E-state index in [1.165, 1.54) is 16.0 Å². The predicted octanol–water partition coefficient (Wildman–Crippen LogP) is 4.13. The lowest BCUT2D eigenvalue weighted by atomic mass is 10.0. The third-order valence-corrected chi connectivity index (χ3v) is 3.91. The van der Waals surface area contributed by atoms with E-state index >= 15 is 0 Å². The lowest BCUT2D eigenvalue weighted by Gasteiger charge is -2.16. The molecule has 0 spiro atoms. The van der Waals surface area contributed by atoms with Gasteiger partial charge in [-0.2, -0.15) is 0 Å². The monoisotopic (exact) mass is 295 g/mol. The number of thiophene rings is 1. The first-order valence-corrected chi connectivity index (χ1v) is 6.85. The highest BCUT2D eigenvalue weighted by molar-refractivity contribution is 9.10. The number of nitrogens with one attached hydrogen (secondary N) is 1. The first-order valence-electron chi connectivity index (χ1n) is 5.18. The quantitative estimate of drug-likeness (QED) is 0.898. The van der Waals surface area contributed by atoms with Crippen molar-refractivity contribution in [3.63, 3.8) is 0 Å². The molecule has 0 bridgehead atoms. The molecule has 1 aromatic carbocycles. The molecule has 1 atom stereocenters. The fourth-order valence-electron chi connectivity index (χ4n) is 1.86. The van der Waals surface area contributed by atoms with Crippen LogP contribution in [0.2, 0.25) is 0 Å². The van der Waals surface area contributed by atoms with Gasteiger partial charge < -0.3 is 5.32 Å². The summed E-state index contributed by atoms with van der Waals surface area (Å²) in [5.41, 5.74) is 2.58. The van der Waals surface area contributed by atoms with Gasteiger partial charge in [-0.1, -0.05) is 28.1 Å². The zero-order valence-electron chi connectivity index (χ0n) is 9.33. The third kappa shape index (κ3) is 2.54. The molecule has 1 heterocycles. The standard InChI is InChI=1S/C13H14BrNS/c1-9-6-10(8-11(14)7-9)13(15-2)12-4-3-5-16-12/h3-8,13,15H,1-2H3. The van der Waals surface area contributed by atoms with Gasteiger partial charge in [0.2, 0.25) is 0 Å². The van der Waals surface area contributed by atoms with Crippen LogP contribution in [0, 0.1) is 6.92 Å². The summed E-state index contributed by atoms with van der Waals surface area (Å²) in [6.07, 6.45) is 0. The van der Waals surface area contributed by atoms with E-state index in [0.717, 1.165) is 4.47 Å². The molecular weight excluding hydrogens is 282 g/mol. The third-order valence-electron chi connectivity index (χ3n) is 2.51. The number of rotatable bonds is 3. The highest BCUT2D eigenvalue weighted by Crippen LogP contribution is 2.28. The smallest absolute Gasteiger partial charge is 0.0669 e. The van der Waals surface area contributed by atoms with Crippen LogP contribution in [0.25, 0.3) is 0 Å². The van der Waals surface area contributed by atoms with Gasteiger partial charge in [-0.15, -0.1) is 11.3 Å². The molecule has 2 aromatic rings. The fourth-order valence-corrected chi connectivity index (χ4v) is 3.35. The van der Waals surface area contributed by atoms with E-state index in [-0.39, 0.29) is 6.04 Å². The molecule has 0 radical (unpaired) electrons. The van der Waals surface area contributed by atoms with Crippen molar-refractivity contribution in [1.82, 2.24) is 5.32 Å². The minimum atomic E-state index is 0.288. The minimum Gasteiger partial charge on any atom is -0.309 e. The Hall–Kier alpha value is -0.640. The lowest BCUT2D eigenvalue weighted by Crippen LogP contribution is -2.16. The van der Waals surface area contributed by atoms with E-state index in [1.807, 2.05) is 7.05 Å². The maximum Gasteiger partial charge on any atom is 0.0669 e. The Morgan fingerprint density at radius 2 is 2.12 bits per heavy atom. The van der Waals surface area contributed by atoms with Crippen molar-refractivity contribution in [3.05, 3.63) is 56.2 Å². The van der Waals surface area contributed by atoms with Crippen molar-refractivity contribution in [3.8, 4) is 0 Å². The first-order chi connectivity index (χ1) is 7.70. The normalized spacial score (nSPS) is 12.7. The van der Waals surface area contributed by atoms with E-state index in [2.05, 4.69) is 63.9 Å². The van der Waals surface area contributed by atoms with Gasteiger partial charge in [-0.05, 0) is 48.7 Å². The number of aryl methyl sites for hydroxylation is 1. The summed E-state index contributed by atoms with van der Waals surface area (Å²) in [6.45, 7) is 2.12. The Bertz CT molecular complexity index is 445. The van der Waals surface area contributed by atoms with Crippen LogP contribution in [0.4, 0.5) is 0 Å². The molecule has 84 valence electrons. The van der Waals surface area contributed by atoms with Crippen LogP contribution in [0.15, 0.2) is 40.2 Å². The van der Waals surface area contributed by atoms with Crippen molar-refractivity contribution in [2.24, 2.45) is 0 Å². The molecule has 0 aliphatic heterocycles. The molecule has 0 saturated carbocycles. The van der Waals surface area contributed by atoms with Gasteiger partial charge in [0.15, 0.2) is 0 Å². The highest BCUT2D eigenvalue weighted by atomic mass is 79.9. The van der Waals surface area contributed by atoms with Gasteiger partial charge in [0.1, 0.15) is 0 Å². The number of halogens is 1. The second kappa shape index (κ2) is 5.13. The maximum absolute atomic E-state index is 3.55. The average Bonchev–Trinajstić information content (AvgIpc) is 2.70. The Morgan fingerprint density at radius 3 is 2.69 bits per heavy atom. The second-order valence-electron chi connectivity index (χ2n) is 3.80. The van der Waals surface area contributed by atoms with Crippen LogP contribution < -0.4 is 5.32 Å². The fraction of sp³-hybridized carbons (Fsp3) is 0.231. The highest BCUT2D eigenvalue weighted by Gasteiger charge is 2.13. The summed E-state index contributed by atoms with van der Waals surface area (Å²) in [5.74, 6) is 0. The summed E-state index contributed by atoms with van der Waals surface area (Å²) in [5, 5.41) is 5.48. The van der Waals surface area contributed by atoms with Gasteiger partial charge >= 0.3 is 0 Å². The molecule has 16 heavy (non-hydrogen) atoms. The van der Waals surface area contributed by atoms with E-state index in [0.29, 0.717) is 0 Å². The van der Waals surface area contributed by atoms with Crippen molar-refractivity contribution >= 4 is 27.3 Å². The number of hydrogen-bond acceptors (Lipinski definition) is 2. The van der Waals surface area contributed by atoms with Gasteiger partial charge in [0, 0.05) is 9.35 Å². The summed E-state index contributed by atoms with van der Waals surface area (Å²) < 4.78 is 1.14. The molecule has 1 aromatic heterocycles. The maximum atomic E-state index is 3.55. The molecule has 2 rings (SSSR count). The van der Waals surface area contributed by atoms with E-state index in [4.69, 9.17) is 0 Å². The van der Waals surface area contributed by atoms with Gasteiger partial charge in [0.05, 0.1) is 6.04 Å². The van der Waals surface area contributed by atoms with E-state index in [1.54, 1.807) is 11.3 Å². The van der Waals surface area contributed by atoms with Crippen molar-refractivity contribution in [2.75, 3.05) is 7.05 Å². The van der Waals surface area contributed by atoms with Crippen molar-refractivity contribution in [1.29, 1.82) is 0 Å². The Balaban J connectivity index is 2.41. The Labute approximate surface area is 109 Å². The van der Waals surface area contributed by atoms with Gasteiger partial charge in [-0.3, -0.25) is 0 Å². The van der Waals surface area contributed by atoms with Gasteiger partial charge in [-0.25, -0.2) is 0 Å². The number of hydrogen-bond donors (Lipinski definition) is 1. The molecular formula is C13H14BrNS. The SMILES string of the molecule is CNC(c1cc(C)cc(Br)c1)c1cccs1. The van der Waals surface area contributed by atoms with E-state index < -0.39 is 0 Å². The van der Waals surface area contributed by atoms with Gasteiger partial charge in [0.25, 0.3) is 0 Å². The molecule has 1 nitrogen and oxygen atoms in total. The first kappa shape index (κ1) is 11.8. The Morgan fingerprint density at radius 1 is 1.31 bits per heavy atom. The Kier molecular flexibility index (Phi) is 3.79. The molecule has 1 unspecified atom stereocenters. The second-order valence-corrected chi connectivity index (χ2v) is 5.69. The molecule has 0 amide bonds. The summed E-state index contributed by atoms with van der Waals surface area (Å²) >= 11 is 5.33. The largest absolute Gasteiger partial charge is 0.309 e.